The lowest BCUT2D eigenvalue weighted by Crippen LogP contribution is -2.37. The minimum atomic E-state index is 0. The third-order valence-corrected chi connectivity index (χ3v) is 4.52. The zero-order valence-electron chi connectivity index (χ0n) is 18.0. The molecular weight excluding hydrogens is 479 g/mol. The van der Waals surface area contributed by atoms with E-state index in [-0.39, 0.29) is 24.0 Å². The Morgan fingerprint density at radius 1 is 0.931 bits per heavy atom. The van der Waals surface area contributed by atoms with Gasteiger partial charge >= 0.3 is 0 Å². The van der Waals surface area contributed by atoms with Crippen molar-refractivity contribution in [1.29, 1.82) is 0 Å². The summed E-state index contributed by atoms with van der Waals surface area (Å²) in [6, 6.07) is 14.6. The Labute approximate surface area is 191 Å². The molecule has 0 radical (unpaired) electrons. The topological polar surface area (TPSA) is 58.1 Å². The van der Waals surface area contributed by atoms with Crippen molar-refractivity contribution in [2.24, 2.45) is 4.99 Å². The minimum absolute atomic E-state index is 0. The molecule has 0 heterocycles. The summed E-state index contributed by atoms with van der Waals surface area (Å²) in [6.45, 7) is 1.52. The summed E-state index contributed by atoms with van der Waals surface area (Å²) < 4.78 is 10.6. The zero-order valence-corrected chi connectivity index (χ0v) is 20.3. The molecule has 29 heavy (non-hydrogen) atoms. The summed E-state index contributed by atoms with van der Waals surface area (Å²) in [4.78, 5) is 6.40. The second kappa shape index (κ2) is 13.1. The maximum absolute atomic E-state index is 5.35. The fourth-order valence-electron chi connectivity index (χ4n) is 2.86. The number of halogens is 1. The van der Waals surface area contributed by atoms with Gasteiger partial charge in [0.25, 0.3) is 0 Å². The van der Waals surface area contributed by atoms with E-state index in [4.69, 9.17) is 9.47 Å². The molecule has 160 valence electrons. The van der Waals surface area contributed by atoms with E-state index in [0.717, 1.165) is 42.4 Å². The summed E-state index contributed by atoms with van der Waals surface area (Å²) in [5.41, 5.74) is 3.67. The SMILES string of the molecule is CN=C(NCCCc1ccc(N(C)C)cc1)NCc1ccc(OC)c(OC)c1.I. The van der Waals surface area contributed by atoms with Crippen LogP contribution >= 0.6 is 24.0 Å². The first-order chi connectivity index (χ1) is 13.6. The van der Waals surface area contributed by atoms with Crippen LogP contribution in [0.1, 0.15) is 17.5 Å². The molecule has 0 aliphatic carbocycles. The number of nitrogens with zero attached hydrogens (tertiary/aromatic N) is 2. The molecule has 0 fully saturated rings. The van der Waals surface area contributed by atoms with Gasteiger partial charge in [-0.15, -0.1) is 24.0 Å². The van der Waals surface area contributed by atoms with Gasteiger partial charge in [-0.3, -0.25) is 4.99 Å². The van der Waals surface area contributed by atoms with Crippen LogP contribution in [-0.2, 0) is 13.0 Å². The highest BCUT2D eigenvalue weighted by Gasteiger charge is 2.05. The third kappa shape index (κ3) is 8.00. The van der Waals surface area contributed by atoms with Crippen LogP contribution in [0.3, 0.4) is 0 Å². The Morgan fingerprint density at radius 2 is 1.59 bits per heavy atom. The van der Waals surface area contributed by atoms with Gasteiger partial charge < -0.3 is 25.0 Å². The lowest BCUT2D eigenvalue weighted by atomic mass is 10.1. The van der Waals surface area contributed by atoms with Crippen LogP contribution in [0, 0.1) is 0 Å². The van der Waals surface area contributed by atoms with Gasteiger partial charge in [0.05, 0.1) is 14.2 Å². The van der Waals surface area contributed by atoms with Gasteiger partial charge in [-0.05, 0) is 48.2 Å². The normalized spacial score (nSPS) is 10.7. The number of guanidine groups is 1. The van der Waals surface area contributed by atoms with E-state index in [1.54, 1.807) is 21.3 Å². The molecule has 0 atom stereocenters. The van der Waals surface area contributed by atoms with Crippen molar-refractivity contribution in [3.8, 4) is 11.5 Å². The molecule has 0 aliphatic heterocycles. The molecule has 2 N–H and O–H groups in total. The molecule has 0 bridgehead atoms. The third-order valence-electron chi connectivity index (χ3n) is 4.52. The smallest absolute Gasteiger partial charge is 0.191 e. The van der Waals surface area contributed by atoms with Crippen molar-refractivity contribution in [3.05, 3.63) is 53.6 Å². The number of ether oxygens (including phenoxy) is 2. The predicted octanol–water partition coefficient (Wildman–Crippen LogP) is 3.69. The summed E-state index contributed by atoms with van der Waals surface area (Å²) in [5, 5.41) is 6.70. The average Bonchev–Trinajstić information content (AvgIpc) is 2.73. The first-order valence-electron chi connectivity index (χ1n) is 9.49. The predicted molar refractivity (Wildman–Crippen MR) is 132 cm³/mol. The van der Waals surface area contributed by atoms with Gasteiger partial charge in [-0.25, -0.2) is 0 Å². The Kier molecular flexibility index (Phi) is 11.3. The van der Waals surface area contributed by atoms with Crippen molar-refractivity contribution < 1.29 is 9.47 Å². The molecule has 0 spiro atoms. The van der Waals surface area contributed by atoms with Crippen molar-refractivity contribution >= 4 is 35.6 Å². The summed E-state index contributed by atoms with van der Waals surface area (Å²) in [7, 11) is 9.17. The molecule has 7 heteroatoms. The second-order valence-corrected chi connectivity index (χ2v) is 6.71. The number of aliphatic imine (C=N–C) groups is 1. The van der Waals surface area contributed by atoms with Crippen LogP contribution in [0.2, 0.25) is 0 Å². The molecule has 2 aromatic rings. The van der Waals surface area contributed by atoms with E-state index in [9.17, 15) is 0 Å². The Hall–Kier alpha value is -2.16. The van der Waals surface area contributed by atoms with Crippen molar-refractivity contribution in [2.75, 3.05) is 46.8 Å². The molecular formula is C22H33IN4O2. The van der Waals surface area contributed by atoms with Gasteiger partial charge in [-0.2, -0.15) is 0 Å². The monoisotopic (exact) mass is 512 g/mol. The van der Waals surface area contributed by atoms with Gasteiger partial charge in [0.1, 0.15) is 0 Å². The van der Waals surface area contributed by atoms with Gasteiger partial charge in [0.15, 0.2) is 17.5 Å². The van der Waals surface area contributed by atoms with Crippen LogP contribution in [0.15, 0.2) is 47.5 Å². The molecule has 0 saturated heterocycles. The van der Waals surface area contributed by atoms with E-state index < -0.39 is 0 Å². The molecule has 0 amide bonds. The zero-order chi connectivity index (χ0) is 20.4. The maximum Gasteiger partial charge on any atom is 0.191 e. The molecule has 0 unspecified atom stereocenters. The van der Waals surface area contributed by atoms with Crippen LogP contribution in [0.4, 0.5) is 5.69 Å². The number of aryl methyl sites for hydroxylation is 1. The lowest BCUT2D eigenvalue weighted by Gasteiger charge is -2.14. The van der Waals surface area contributed by atoms with Crippen LogP contribution in [0.5, 0.6) is 11.5 Å². The highest BCUT2D eigenvalue weighted by Crippen LogP contribution is 2.27. The maximum atomic E-state index is 5.35. The van der Waals surface area contributed by atoms with Crippen LogP contribution in [-0.4, -0.2) is 47.9 Å². The number of nitrogens with one attached hydrogen (secondary N) is 2. The molecule has 2 aromatic carbocycles. The van der Waals surface area contributed by atoms with E-state index in [0.29, 0.717) is 6.54 Å². The van der Waals surface area contributed by atoms with E-state index in [2.05, 4.69) is 58.9 Å². The van der Waals surface area contributed by atoms with E-state index in [1.807, 2.05) is 18.2 Å². The molecule has 6 nitrogen and oxygen atoms in total. The largest absolute Gasteiger partial charge is 0.493 e. The standard InChI is InChI=1S/C22H32N4O2.HI/c1-23-22(25-16-18-10-13-20(27-4)21(15-18)28-5)24-14-6-7-17-8-11-19(12-9-17)26(2)3;/h8-13,15H,6-7,14,16H2,1-5H3,(H2,23,24,25);1H. The summed E-state index contributed by atoms with van der Waals surface area (Å²) in [6.07, 6.45) is 2.08. The minimum Gasteiger partial charge on any atom is -0.493 e. The number of hydrogen-bond acceptors (Lipinski definition) is 4. The quantitative estimate of drug-likeness (QED) is 0.232. The van der Waals surface area contributed by atoms with Gasteiger partial charge in [-0.1, -0.05) is 18.2 Å². The highest BCUT2D eigenvalue weighted by atomic mass is 127. The number of anilines is 1. The van der Waals surface area contributed by atoms with E-state index >= 15 is 0 Å². The van der Waals surface area contributed by atoms with Crippen molar-refractivity contribution in [1.82, 2.24) is 10.6 Å². The Bertz CT molecular complexity index is 764. The van der Waals surface area contributed by atoms with Gasteiger partial charge in [0.2, 0.25) is 0 Å². The van der Waals surface area contributed by atoms with E-state index in [1.165, 1.54) is 11.3 Å². The second-order valence-electron chi connectivity index (χ2n) is 6.71. The first-order valence-corrected chi connectivity index (χ1v) is 9.49. The number of rotatable bonds is 9. The fraction of sp³-hybridized carbons (Fsp3) is 0.409. The fourth-order valence-corrected chi connectivity index (χ4v) is 2.86. The summed E-state index contributed by atoms with van der Waals surface area (Å²) in [5.74, 6) is 2.25. The average molecular weight is 512 g/mol. The number of hydrogen-bond donors (Lipinski definition) is 2. The number of benzene rings is 2. The van der Waals surface area contributed by atoms with Gasteiger partial charge in [0, 0.05) is 39.9 Å². The first kappa shape index (κ1) is 24.9. The lowest BCUT2D eigenvalue weighted by molar-refractivity contribution is 0.354. The molecule has 0 aromatic heterocycles. The van der Waals surface area contributed by atoms with Crippen molar-refractivity contribution in [3.63, 3.8) is 0 Å². The van der Waals surface area contributed by atoms with Crippen LogP contribution < -0.4 is 25.0 Å². The van der Waals surface area contributed by atoms with Crippen molar-refractivity contribution in [2.45, 2.75) is 19.4 Å². The van der Waals surface area contributed by atoms with Crippen LogP contribution in [0.25, 0.3) is 0 Å². The Balaban J connectivity index is 0.00000420. The highest BCUT2D eigenvalue weighted by molar-refractivity contribution is 14.0. The molecule has 0 aliphatic rings. The molecule has 2 rings (SSSR count). The summed E-state index contributed by atoms with van der Waals surface area (Å²) >= 11 is 0. The molecule has 0 saturated carbocycles. The number of methoxy groups -OCH3 is 2. The Morgan fingerprint density at radius 3 is 2.17 bits per heavy atom.